The zero-order valence-corrected chi connectivity index (χ0v) is 17.0. The number of fused-ring (bicyclic) bond motifs is 2. The van der Waals surface area contributed by atoms with Crippen LogP contribution in [0.5, 0.6) is 23.0 Å². The van der Waals surface area contributed by atoms with Crippen LogP contribution < -0.4 is 18.9 Å². The molecule has 0 spiro atoms. The molecule has 0 bridgehead atoms. The second-order valence-corrected chi connectivity index (χ2v) is 7.27. The van der Waals surface area contributed by atoms with Crippen LogP contribution >= 0.6 is 15.9 Å². The van der Waals surface area contributed by atoms with Gasteiger partial charge in [-0.1, -0.05) is 0 Å². The predicted molar refractivity (Wildman–Crippen MR) is 104 cm³/mol. The van der Waals surface area contributed by atoms with Gasteiger partial charge in [-0.15, -0.1) is 0 Å². The number of rotatable bonds is 3. The van der Waals surface area contributed by atoms with Gasteiger partial charge < -0.3 is 23.8 Å². The van der Waals surface area contributed by atoms with Crippen molar-refractivity contribution in [2.45, 2.75) is 6.42 Å². The Morgan fingerprint density at radius 2 is 1.89 bits per heavy atom. The van der Waals surface area contributed by atoms with Crippen LogP contribution in [0.4, 0.5) is 0 Å². The third kappa shape index (κ3) is 3.07. The second kappa shape index (κ2) is 7.35. The van der Waals surface area contributed by atoms with Gasteiger partial charge in [-0.05, 0) is 52.2 Å². The van der Waals surface area contributed by atoms with Gasteiger partial charge in [0.25, 0.3) is 5.91 Å². The molecule has 0 N–H and O–H groups in total. The number of carbonyl (C=O) groups is 2. The molecular formula is C20H18BrNO6. The van der Waals surface area contributed by atoms with Crippen molar-refractivity contribution in [2.24, 2.45) is 0 Å². The van der Waals surface area contributed by atoms with E-state index in [0.29, 0.717) is 51.6 Å². The fraction of sp³-hybridized carbons (Fsp3) is 0.300. The number of Topliss-reactive ketones (excluding diaryl/α,β-unsaturated/α-hetero) is 1. The normalized spacial score (nSPS) is 15.1. The molecule has 4 rings (SSSR count). The fourth-order valence-electron chi connectivity index (χ4n) is 3.48. The zero-order chi connectivity index (χ0) is 19.8. The topological polar surface area (TPSA) is 74.3 Å². The number of amides is 1. The quantitative estimate of drug-likeness (QED) is 0.719. The Morgan fingerprint density at radius 3 is 2.61 bits per heavy atom. The van der Waals surface area contributed by atoms with Gasteiger partial charge in [-0.25, -0.2) is 0 Å². The minimum atomic E-state index is -0.302. The number of hydrogen-bond donors (Lipinski definition) is 0. The van der Waals surface area contributed by atoms with Crippen molar-refractivity contribution in [1.29, 1.82) is 0 Å². The minimum Gasteiger partial charge on any atom is -0.493 e. The maximum atomic E-state index is 13.3. The van der Waals surface area contributed by atoms with Crippen LogP contribution in [0.15, 0.2) is 28.7 Å². The van der Waals surface area contributed by atoms with E-state index < -0.39 is 0 Å². The lowest BCUT2D eigenvalue weighted by Crippen LogP contribution is -2.36. The van der Waals surface area contributed by atoms with Crippen LogP contribution in [-0.4, -0.2) is 50.7 Å². The summed E-state index contributed by atoms with van der Waals surface area (Å²) in [5.41, 5.74) is 1.74. The molecular weight excluding hydrogens is 430 g/mol. The van der Waals surface area contributed by atoms with Crippen molar-refractivity contribution < 1.29 is 28.5 Å². The van der Waals surface area contributed by atoms with Gasteiger partial charge in [0, 0.05) is 16.6 Å². The van der Waals surface area contributed by atoms with Gasteiger partial charge in [0.1, 0.15) is 0 Å². The van der Waals surface area contributed by atoms with E-state index in [1.807, 2.05) is 6.07 Å². The van der Waals surface area contributed by atoms with Gasteiger partial charge in [0.2, 0.25) is 6.79 Å². The first kappa shape index (κ1) is 18.6. The number of nitrogens with zero attached hydrogens (tertiary/aromatic N) is 1. The minimum absolute atomic E-state index is 0.0295. The monoisotopic (exact) mass is 447 g/mol. The molecule has 2 aliphatic heterocycles. The van der Waals surface area contributed by atoms with Crippen LogP contribution in [0.25, 0.3) is 0 Å². The van der Waals surface area contributed by atoms with Crippen LogP contribution in [0.2, 0.25) is 0 Å². The molecule has 2 heterocycles. The Balaban J connectivity index is 1.67. The SMILES string of the molecule is COc1ccc(Br)c(C(=O)N2CCc3cc4c(cc3C(=O)C2)OCO4)c1OC. The molecule has 2 aliphatic rings. The predicted octanol–water partition coefficient (Wildman–Crippen LogP) is 3.08. The number of ether oxygens (including phenoxy) is 4. The van der Waals surface area contributed by atoms with Gasteiger partial charge in [-0.2, -0.15) is 0 Å². The van der Waals surface area contributed by atoms with Crippen LogP contribution in [-0.2, 0) is 6.42 Å². The molecule has 0 saturated heterocycles. The Morgan fingerprint density at radius 1 is 1.14 bits per heavy atom. The highest BCUT2D eigenvalue weighted by Gasteiger charge is 2.30. The first-order valence-electron chi connectivity index (χ1n) is 8.69. The highest BCUT2D eigenvalue weighted by molar-refractivity contribution is 9.10. The van der Waals surface area contributed by atoms with E-state index in [-0.39, 0.29) is 25.0 Å². The molecule has 0 atom stereocenters. The summed E-state index contributed by atoms with van der Waals surface area (Å²) in [4.78, 5) is 27.7. The number of methoxy groups -OCH3 is 2. The summed E-state index contributed by atoms with van der Waals surface area (Å²) in [6, 6.07) is 6.97. The maximum absolute atomic E-state index is 13.3. The summed E-state index contributed by atoms with van der Waals surface area (Å²) in [6.45, 7) is 0.517. The van der Waals surface area contributed by atoms with Crippen molar-refractivity contribution in [2.75, 3.05) is 34.1 Å². The Hall–Kier alpha value is -2.74. The van der Waals surface area contributed by atoms with Crippen LogP contribution in [0.1, 0.15) is 26.3 Å². The van der Waals surface area contributed by atoms with Crippen LogP contribution in [0, 0.1) is 0 Å². The molecule has 1 amide bonds. The highest BCUT2D eigenvalue weighted by Crippen LogP contribution is 2.38. The zero-order valence-electron chi connectivity index (χ0n) is 15.4. The van der Waals surface area contributed by atoms with E-state index in [9.17, 15) is 9.59 Å². The van der Waals surface area contributed by atoms with Gasteiger partial charge in [0.15, 0.2) is 28.8 Å². The molecule has 8 heteroatoms. The summed E-state index contributed by atoms with van der Waals surface area (Å²) in [7, 11) is 2.99. The largest absolute Gasteiger partial charge is 0.493 e. The Kier molecular flexibility index (Phi) is 4.89. The average molecular weight is 448 g/mol. The molecule has 7 nitrogen and oxygen atoms in total. The Bertz CT molecular complexity index is 974. The number of benzene rings is 2. The van der Waals surface area contributed by atoms with E-state index in [4.69, 9.17) is 18.9 Å². The lowest BCUT2D eigenvalue weighted by Gasteiger charge is -2.22. The van der Waals surface area contributed by atoms with Crippen LogP contribution in [0.3, 0.4) is 0 Å². The third-order valence-electron chi connectivity index (χ3n) is 4.88. The summed E-state index contributed by atoms with van der Waals surface area (Å²) < 4.78 is 22.1. The van der Waals surface area contributed by atoms with Crippen molar-refractivity contribution in [1.82, 2.24) is 4.90 Å². The van der Waals surface area contributed by atoms with Gasteiger partial charge in [-0.3, -0.25) is 9.59 Å². The molecule has 28 heavy (non-hydrogen) atoms. The number of carbonyl (C=O) groups excluding carboxylic acids is 2. The summed E-state index contributed by atoms with van der Waals surface area (Å²) >= 11 is 3.42. The average Bonchev–Trinajstić information content (AvgIpc) is 3.10. The molecule has 0 radical (unpaired) electrons. The summed E-state index contributed by atoms with van der Waals surface area (Å²) in [5, 5.41) is 0. The smallest absolute Gasteiger partial charge is 0.259 e. The molecule has 0 saturated carbocycles. The lowest BCUT2D eigenvalue weighted by atomic mass is 10.0. The lowest BCUT2D eigenvalue weighted by molar-refractivity contribution is 0.0714. The second-order valence-electron chi connectivity index (χ2n) is 6.42. The summed E-state index contributed by atoms with van der Waals surface area (Å²) in [5.74, 6) is 1.52. The molecule has 0 aliphatic carbocycles. The van der Waals surface area contributed by atoms with Gasteiger partial charge in [0.05, 0.1) is 26.3 Å². The van der Waals surface area contributed by atoms with Crippen molar-refractivity contribution in [3.8, 4) is 23.0 Å². The number of hydrogen-bond acceptors (Lipinski definition) is 6. The fourth-order valence-corrected chi connectivity index (χ4v) is 3.96. The molecule has 146 valence electrons. The maximum Gasteiger partial charge on any atom is 0.259 e. The first-order valence-corrected chi connectivity index (χ1v) is 9.48. The molecule has 2 aromatic carbocycles. The number of halogens is 1. The van der Waals surface area contributed by atoms with Crippen molar-refractivity contribution in [3.05, 3.63) is 45.4 Å². The summed E-state index contributed by atoms with van der Waals surface area (Å²) in [6.07, 6.45) is 0.535. The molecule has 2 aromatic rings. The molecule has 0 fully saturated rings. The van der Waals surface area contributed by atoms with E-state index in [2.05, 4.69) is 15.9 Å². The van der Waals surface area contributed by atoms with E-state index in [0.717, 1.165) is 5.56 Å². The first-order chi connectivity index (χ1) is 13.5. The van der Waals surface area contributed by atoms with Gasteiger partial charge >= 0.3 is 0 Å². The van der Waals surface area contributed by atoms with Crippen molar-refractivity contribution in [3.63, 3.8) is 0 Å². The molecule has 0 unspecified atom stereocenters. The third-order valence-corrected chi connectivity index (χ3v) is 5.54. The van der Waals surface area contributed by atoms with E-state index in [1.54, 1.807) is 18.2 Å². The number of ketones is 1. The molecule has 0 aromatic heterocycles. The standard InChI is InChI=1S/C20H18BrNO6/c1-25-15-4-3-13(21)18(19(15)26-2)20(24)22-6-5-11-7-16-17(28-10-27-16)8-12(11)14(23)9-22/h3-4,7-8H,5-6,9-10H2,1-2H3. The van der Waals surface area contributed by atoms with E-state index >= 15 is 0 Å². The van der Waals surface area contributed by atoms with Crippen molar-refractivity contribution >= 4 is 27.6 Å². The highest BCUT2D eigenvalue weighted by atomic mass is 79.9. The van der Waals surface area contributed by atoms with E-state index in [1.165, 1.54) is 19.1 Å². The Labute approximate surface area is 170 Å².